The highest BCUT2D eigenvalue weighted by atomic mass is 32.2. The number of sulfone groups is 1. The molecule has 0 aliphatic carbocycles. The van der Waals surface area contributed by atoms with Crippen LogP contribution in [0.4, 0.5) is 5.69 Å². The van der Waals surface area contributed by atoms with E-state index in [-0.39, 0.29) is 11.6 Å². The lowest BCUT2D eigenvalue weighted by molar-refractivity contribution is 0.355. The van der Waals surface area contributed by atoms with E-state index < -0.39 is 9.84 Å². The molecule has 120 valence electrons. The fourth-order valence-electron chi connectivity index (χ4n) is 2.10. The molecular formula is C16H23N3O2S. The van der Waals surface area contributed by atoms with Gasteiger partial charge in [0.15, 0.2) is 9.84 Å². The Morgan fingerprint density at radius 1 is 1.18 bits per heavy atom. The van der Waals surface area contributed by atoms with E-state index in [1.807, 2.05) is 29.9 Å². The van der Waals surface area contributed by atoms with Gasteiger partial charge in [-0.3, -0.25) is 4.68 Å². The van der Waals surface area contributed by atoms with Crippen molar-refractivity contribution in [2.45, 2.75) is 44.2 Å². The second kappa shape index (κ2) is 5.76. The van der Waals surface area contributed by atoms with Crippen LogP contribution in [0.1, 0.15) is 39.3 Å². The maximum Gasteiger partial charge on any atom is 0.175 e. The Morgan fingerprint density at radius 3 is 2.23 bits per heavy atom. The van der Waals surface area contributed by atoms with E-state index >= 15 is 0 Å². The number of hydrogen-bond acceptors (Lipinski definition) is 4. The van der Waals surface area contributed by atoms with Crippen LogP contribution in [-0.2, 0) is 15.4 Å². The van der Waals surface area contributed by atoms with Gasteiger partial charge in [-0.1, -0.05) is 12.1 Å². The van der Waals surface area contributed by atoms with E-state index in [2.05, 4.69) is 31.2 Å². The Kier molecular flexibility index (Phi) is 4.33. The third-order valence-electron chi connectivity index (χ3n) is 3.46. The van der Waals surface area contributed by atoms with Gasteiger partial charge < -0.3 is 5.32 Å². The van der Waals surface area contributed by atoms with Crippen LogP contribution in [0.3, 0.4) is 0 Å². The minimum absolute atomic E-state index is 0.0553. The second-order valence-electron chi connectivity index (χ2n) is 6.55. The Balaban J connectivity index is 2.12. The van der Waals surface area contributed by atoms with Crippen LogP contribution in [0.15, 0.2) is 41.6 Å². The zero-order valence-corrected chi connectivity index (χ0v) is 14.5. The van der Waals surface area contributed by atoms with Crippen molar-refractivity contribution < 1.29 is 8.42 Å². The molecule has 5 nitrogen and oxygen atoms in total. The summed E-state index contributed by atoms with van der Waals surface area (Å²) < 4.78 is 24.9. The van der Waals surface area contributed by atoms with Crippen LogP contribution in [0, 0.1) is 0 Å². The van der Waals surface area contributed by atoms with Crippen LogP contribution < -0.4 is 5.32 Å². The summed E-state index contributed by atoms with van der Waals surface area (Å²) in [7, 11) is -3.15. The van der Waals surface area contributed by atoms with Crippen molar-refractivity contribution in [3.8, 4) is 0 Å². The highest BCUT2D eigenvalue weighted by Gasteiger charge is 2.15. The highest BCUT2D eigenvalue weighted by Crippen LogP contribution is 2.22. The summed E-state index contributed by atoms with van der Waals surface area (Å²) in [6.45, 7) is 8.31. The van der Waals surface area contributed by atoms with Crippen molar-refractivity contribution in [2.24, 2.45) is 0 Å². The van der Waals surface area contributed by atoms with Gasteiger partial charge in [-0.25, -0.2) is 8.42 Å². The summed E-state index contributed by atoms with van der Waals surface area (Å²) in [5, 5.41) is 7.73. The van der Waals surface area contributed by atoms with E-state index in [1.54, 1.807) is 18.3 Å². The SMILES string of the molecule is C[C@H](Nc1cnn(C(C)(C)C)c1)c1ccc(S(C)(=O)=O)cc1. The number of aromatic nitrogens is 2. The van der Waals surface area contributed by atoms with Crippen LogP contribution in [0.5, 0.6) is 0 Å². The largest absolute Gasteiger partial charge is 0.376 e. The number of nitrogens with one attached hydrogen (secondary N) is 1. The lowest BCUT2D eigenvalue weighted by Crippen LogP contribution is -2.21. The third kappa shape index (κ3) is 3.88. The van der Waals surface area contributed by atoms with Gasteiger partial charge in [-0.2, -0.15) is 5.10 Å². The van der Waals surface area contributed by atoms with Crippen molar-refractivity contribution in [3.63, 3.8) is 0 Å². The van der Waals surface area contributed by atoms with Crippen molar-refractivity contribution >= 4 is 15.5 Å². The van der Waals surface area contributed by atoms with Crippen LogP contribution in [0.25, 0.3) is 0 Å². The molecule has 1 atom stereocenters. The summed E-state index contributed by atoms with van der Waals surface area (Å²) in [5.41, 5.74) is 1.91. The molecule has 22 heavy (non-hydrogen) atoms. The van der Waals surface area contributed by atoms with Gasteiger partial charge in [0, 0.05) is 18.5 Å². The molecule has 0 fully saturated rings. The molecule has 0 spiro atoms. The Labute approximate surface area is 132 Å². The van der Waals surface area contributed by atoms with E-state index in [9.17, 15) is 8.42 Å². The fraction of sp³-hybridized carbons (Fsp3) is 0.438. The second-order valence-corrected chi connectivity index (χ2v) is 8.57. The van der Waals surface area contributed by atoms with Crippen LogP contribution >= 0.6 is 0 Å². The number of hydrogen-bond donors (Lipinski definition) is 1. The monoisotopic (exact) mass is 321 g/mol. The Bertz CT molecular complexity index is 740. The maximum absolute atomic E-state index is 11.5. The predicted molar refractivity (Wildman–Crippen MR) is 88.8 cm³/mol. The average molecular weight is 321 g/mol. The molecule has 6 heteroatoms. The van der Waals surface area contributed by atoms with E-state index in [0.717, 1.165) is 11.3 Å². The maximum atomic E-state index is 11.5. The summed E-state index contributed by atoms with van der Waals surface area (Å²) in [6, 6.07) is 7.01. The smallest absolute Gasteiger partial charge is 0.175 e. The van der Waals surface area contributed by atoms with Gasteiger partial charge in [-0.05, 0) is 45.4 Å². The van der Waals surface area contributed by atoms with Gasteiger partial charge >= 0.3 is 0 Å². The molecule has 0 radical (unpaired) electrons. The van der Waals surface area contributed by atoms with Gasteiger partial charge in [0.2, 0.25) is 0 Å². The molecule has 2 aromatic rings. The molecule has 0 bridgehead atoms. The van der Waals surface area contributed by atoms with Crippen molar-refractivity contribution in [2.75, 3.05) is 11.6 Å². The molecule has 1 aromatic carbocycles. The predicted octanol–water partition coefficient (Wildman–Crippen LogP) is 3.21. The molecule has 0 unspecified atom stereocenters. The number of nitrogens with zero attached hydrogens (tertiary/aromatic N) is 2. The molecule has 0 saturated carbocycles. The van der Waals surface area contributed by atoms with E-state index in [1.165, 1.54) is 6.26 Å². The highest BCUT2D eigenvalue weighted by molar-refractivity contribution is 7.90. The van der Waals surface area contributed by atoms with Gasteiger partial charge in [0.1, 0.15) is 0 Å². The lowest BCUT2D eigenvalue weighted by Gasteiger charge is -2.19. The van der Waals surface area contributed by atoms with Crippen molar-refractivity contribution in [3.05, 3.63) is 42.2 Å². The molecular weight excluding hydrogens is 298 g/mol. The number of benzene rings is 1. The third-order valence-corrected chi connectivity index (χ3v) is 4.59. The van der Waals surface area contributed by atoms with E-state index in [0.29, 0.717) is 4.90 Å². The molecule has 2 rings (SSSR count). The summed E-state index contributed by atoms with van der Waals surface area (Å²) >= 11 is 0. The van der Waals surface area contributed by atoms with Gasteiger partial charge in [0.25, 0.3) is 0 Å². The first-order chi connectivity index (χ1) is 10.1. The first-order valence-electron chi connectivity index (χ1n) is 7.19. The first kappa shape index (κ1) is 16.5. The molecule has 1 aromatic heterocycles. The van der Waals surface area contributed by atoms with Crippen molar-refractivity contribution in [1.82, 2.24) is 9.78 Å². The molecule has 0 amide bonds. The van der Waals surface area contributed by atoms with Crippen molar-refractivity contribution in [1.29, 1.82) is 0 Å². The lowest BCUT2D eigenvalue weighted by atomic mass is 10.1. The minimum Gasteiger partial charge on any atom is -0.376 e. The normalized spacial score (nSPS) is 13.9. The summed E-state index contributed by atoms with van der Waals surface area (Å²) in [6.07, 6.45) is 4.98. The average Bonchev–Trinajstić information content (AvgIpc) is 2.86. The quantitative estimate of drug-likeness (QED) is 0.939. The first-order valence-corrected chi connectivity index (χ1v) is 9.08. The summed E-state index contributed by atoms with van der Waals surface area (Å²) in [5.74, 6) is 0. The number of rotatable bonds is 4. The molecule has 0 aliphatic heterocycles. The Hall–Kier alpha value is -1.82. The zero-order valence-electron chi connectivity index (χ0n) is 13.7. The standard InChI is InChI=1S/C16H23N3O2S/c1-12(13-6-8-15(9-7-13)22(5,20)21)18-14-10-17-19(11-14)16(2,3)4/h6-12,18H,1-5H3/t12-/m0/s1. The zero-order chi connectivity index (χ0) is 16.5. The van der Waals surface area contributed by atoms with Crippen LogP contribution in [0.2, 0.25) is 0 Å². The molecule has 0 saturated heterocycles. The Morgan fingerprint density at radius 2 is 1.77 bits per heavy atom. The van der Waals surface area contributed by atoms with Gasteiger partial charge in [0.05, 0.1) is 22.3 Å². The van der Waals surface area contributed by atoms with E-state index in [4.69, 9.17) is 0 Å². The fourth-order valence-corrected chi connectivity index (χ4v) is 2.73. The molecule has 1 heterocycles. The number of anilines is 1. The minimum atomic E-state index is -3.15. The summed E-state index contributed by atoms with van der Waals surface area (Å²) in [4.78, 5) is 0.337. The topological polar surface area (TPSA) is 64.0 Å². The van der Waals surface area contributed by atoms with Gasteiger partial charge in [-0.15, -0.1) is 0 Å². The molecule has 0 aliphatic rings. The molecule has 1 N–H and O–H groups in total. The van der Waals surface area contributed by atoms with Crippen LogP contribution in [-0.4, -0.2) is 24.5 Å².